The van der Waals surface area contributed by atoms with Crippen LogP contribution in [0, 0.1) is 23.3 Å². The van der Waals surface area contributed by atoms with E-state index >= 15 is 0 Å². The molecule has 0 N–H and O–H groups in total. The molecule has 0 spiro atoms. The Morgan fingerprint density at radius 3 is 1.12 bits per heavy atom. The fraction of sp³-hybridized carbons (Fsp3) is 0. The highest BCUT2D eigenvalue weighted by molar-refractivity contribution is 7.99. The normalized spacial score (nSPS) is 10.6. The predicted molar refractivity (Wildman–Crippen MR) is 56.8 cm³/mol. The lowest BCUT2D eigenvalue weighted by Gasteiger charge is -2.03. The first-order chi connectivity index (χ1) is 8.02. The van der Waals surface area contributed by atoms with Crippen molar-refractivity contribution in [1.82, 2.24) is 0 Å². The van der Waals surface area contributed by atoms with E-state index in [1.54, 1.807) is 0 Å². The summed E-state index contributed by atoms with van der Waals surface area (Å²) in [4.78, 5) is 0.486. The first-order valence-electron chi connectivity index (χ1n) is 4.63. The van der Waals surface area contributed by atoms with Gasteiger partial charge in [0.1, 0.15) is 23.3 Å². The van der Waals surface area contributed by atoms with Gasteiger partial charge in [-0.15, -0.1) is 0 Å². The molecule has 0 fully saturated rings. The van der Waals surface area contributed by atoms with Crippen LogP contribution >= 0.6 is 11.8 Å². The zero-order valence-corrected chi connectivity index (χ0v) is 9.20. The average Bonchev–Trinajstić information content (AvgIpc) is 2.13. The zero-order chi connectivity index (χ0) is 12.4. The Bertz CT molecular complexity index is 464. The summed E-state index contributed by atoms with van der Waals surface area (Å²) in [6.07, 6.45) is 0. The highest BCUT2D eigenvalue weighted by atomic mass is 32.2. The molecule has 0 aliphatic carbocycles. The van der Waals surface area contributed by atoms with E-state index in [1.165, 1.54) is 0 Å². The van der Waals surface area contributed by atoms with Gasteiger partial charge < -0.3 is 0 Å². The van der Waals surface area contributed by atoms with Crippen LogP contribution in [-0.2, 0) is 0 Å². The van der Waals surface area contributed by atoms with Crippen molar-refractivity contribution >= 4 is 11.8 Å². The first-order valence-corrected chi connectivity index (χ1v) is 5.44. The van der Waals surface area contributed by atoms with Crippen molar-refractivity contribution in [1.29, 1.82) is 0 Å². The minimum absolute atomic E-state index is 0.243. The third kappa shape index (κ3) is 3.23. The number of rotatable bonds is 2. The summed E-state index contributed by atoms with van der Waals surface area (Å²) in [6, 6.07) is 5.84. The van der Waals surface area contributed by atoms with Crippen LogP contribution in [0.15, 0.2) is 46.2 Å². The molecule has 0 saturated carbocycles. The summed E-state index contributed by atoms with van der Waals surface area (Å²) in [6.45, 7) is 0. The molecular formula is C12H6F4S. The average molecular weight is 258 g/mol. The molecule has 0 heterocycles. The van der Waals surface area contributed by atoms with Crippen LogP contribution in [0.1, 0.15) is 0 Å². The van der Waals surface area contributed by atoms with Gasteiger partial charge in [0.2, 0.25) is 0 Å². The van der Waals surface area contributed by atoms with Crippen LogP contribution < -0.4 is 0 Å². The van der Waals surface area contributed by atoms with Crippen LogP contribution in [0.2, 0.25) is 0 Å². The molecule has 0 aliphatic rings. The van der Waals surface area contributed by atoms with Crippen molar-refractivity contribution in [3.05, 3.63) is 59.7 Å². The van der Waals surface area contributed by atoms with E-state index in [9.17, 15) is 17.6 Å². The summed E-state index contributed by atoms with van der Waals surface area (Å²) >= 11 is 0.884. The fourth-order valence-electron chi connectivity index (χ4n) is 1.31. The lowest BCUT2D eigenvalue weighted by molar-refractivity contribution is 0.577. The van der Waals surface area contributed by atoms with Crippen molar-refractivity contribution < 1.29 is 17.6 Å². The van der Waals surface area contributed by atoms with Gasteiger partial charge in [-0.1, -0.05) is 11.8 Å². The zero-order valence-electron chi connectivity index (χ0n) is 8.38. The number of halogens is 4. The van der Waals surface area contributed by atoms with Gasteiger partial charge in [-0.3, -0.25) is 0 Å². The van der Waals surface area contributed by atoms with E-state index in [0.29, 0.717) is 0 Å². The molecule has 2 rings (SSSR count). The smallest absolute Gasteiger partial charge is 0.127 e. The minimum atomic E-state index is -0.732. The summed E-state index contributed by atoms with van der Waals surface area (Å²) < 4.78 is 51.6. The van der Waals surface area contributed by atoms with Crippen molar-refractivity contribution in [2.75, 3.05) is 0 Å². The second kappa shape index (κ2) is 4.79. The quantitative estimate of drug-likeness (QED) is 0.720. The van der Waals surface area contributed by atoms with Gasteiger partial charge in [0, 0.05) is 21.9 Å². The Morgan fingerprint density at radius 2 is 0.824 bits per heavy atom. The molecule has 0 saturated heterocycles. The maximum absolute atomic E-state index is 12.9. The first kappa shape index (κ1) is 12.0. The van der Waals surface area contributed by atoms with Crippen molar-refractivity contribution in [2.24, 2.45) is 0 Å². The minimum Gasteiger partial charge on any atom is -0.207 e. The molecule has 0 amide bonds. The lowest BCUT2D eigenvalue weighted by atomic mass is 10.3. The van der Waals surface area contributed by atoms with Gasteiger partial charge in [0.15, 0.2) is 0 Å². The Morgan fingerprint density at radius 1 is 0.529 bits per heavy atom. The second-order valence-corrected chi connectivity index (χ2v) is 4.46. The van der Waals surface area contributed by atoms with Gasteiger partial charge in [-0.05, 0) is 24.3 Å². The Labute approximate surface area is 99.3 Å². The Kier molecular flexibility index (Phi) is 3.38. The molecule has 0 aliphatic heterocycles. The van der Waals surface area contributed by atoms with Crippen molar-refractivity contribution in [2.45, 2.75) is 9.79 Å². The van der Waals surface area contributed by atoms with Crippen LogP contribution in [-0.4, -0.2) is 0 Å². The van der Waals surface area contributed by atoms with Crippen LogP contribution in [0.3, 0.4) is 0 Å². The predicted octanol–water partition coefficient (Wildman–Crippen LogP) is 4.39. The van der Waals surface area contributed by atoms with Crippen molar-refractivity contribution in [3.63, 3.8) is 0 Å². The molecule has 2 aromatic rings. The summed E-state index contributed by atoms with van der Waals surface area (Å²) in [5.74, 6) is -2.93. The van der Waals surface area contributed by atoms with E-state index in [1.807, 2.05) is 0 Å². The third-order valence-corrected chi connectivity index (χ3v) is 2.85. The molecule has 0 unspecified atom stereocenters. The third-order valence-electron chi connectivity index (χ3n) is 1.91. The van der Waals surface area contributed by atoms with E-state index in [2.05, 4.69) is 0 Å². The van der Waals surface area contributed by atoms with Crippen molar-refractivity contribution in [3.8, 4) is 0 Å². The SMILES string of the molecule is Fc1cc(F)cc(Sc2cc(F)cc(F)c2)c1. The molecule has 0 nitrogen and oxygen atoms in total. The Hall–Kier alpha value is -1.49. The maximum Gasteiger partial charge on any atom is 0.127 e. The molecule has 0 bridgehead atoms. The van der Waals surface area contributed by atoms with E-state index in [-0.39, 0.29) is 9.79 Å². The molecular weight excluding hydrogens is 252 g/mol. The lowest BCUT2D eigenvalue weighted by Crippen LogP contribution is -1.84. The van der Waals surface area contributed by atoms with E-state index in [0.717, 1.165) is 48.2 Å². The van der Waals surface area contributed by atoms with Gasteiger partial charge in [0.25, 0.3) is 0 Å². The number of hydrogen-bond donors (Lipinski definition) is 0. The largest absolute Gasteiger partial charge is 0.207 e. The van der Waals surface area contributed by atoms with Gasteiger partial charge in [-0.2, -0.15) is 0 Å². The van der Waals surface area contributed by atoms with E-state index < -0.39 is 23.3 Å². The molecule has 88 valence electrons. The molecule has 5 heteroatoms. The van der Waals surface area contributed by atoms with Crippen LogP contribution in [0.5, 0.6) is 0 Å². The van der Waals surface area contributed by atoms with Gasteiger partial charge >= 0.3 is 0 Å². The standard InChI is InChI=1S/C12H6F4S/c13-7-1-8(14)4-11(3-7)17-12-5-9(15)2-10(16)6-12/h1-6H. The maximum atomic E-state index is 12.9. The molecule has 0 aromatic heterocycles. The molecule has 0 radical (unpaired) electrons. The van der Waals surface area contributed by atoms with Gasteiger partial charge in [0.05, 0.1) is 0 Å². The molecule has 17 heavy (non-hydrogen) atoms. The number of benzene rings is 2. The van der Waals surface area contributed by atoms with Crippen LogP contribution in [0.4, 0.5) is 17.6 Å². The van der Waals surface area contributed by atoms with E-state index in [4.69, 9.17) is 0 Å². The number of hydrogen-bond acceptors (Lipinski definition) is 1. The molecule has 0 atom stereocenters. The van der Waals surface area contributed by atoms with Gasteiger partial charge in [-0.25, -0.2) is 17.6 Å². The molecule has 2 aromatic carbocycles. The fourth-order valence-corrected chi connectivity index (χ4v) is 2.27. The summed E-state index contributed by atoms with van der Waals surface area (Å²) in [7, 11) is 0. The highest BCUT2D eigenvalue weighted by Gasteiger charge is 2.05. The topological polar surface area (TPSA) is 0 Å². The van der Waals surface area contributed by atoms with Crippen LogP contribution in [0.25, 0.3) is 0 Å². The monoisotopic (exact) mass is 258 g/mol. The Balaban J connectivity index is 2.31. The second-order valence-electron chi connectivity index (χ2n) is 3.31. The summed E-state index contributed by atoms with van der Waals surface area (Å²) in [5.41, 5.74) is 0. The summed E-state index contributed by atoms with van der Waals surface area (Å²) in [5, 5.41) is 0. The highest BCUT2D eigenvalue weighted by Crippen LogP contribution is 2.29.